The van der Waals surface area contributed by atoms with Gasteiger partial charge in [-0.05, 0) is 18.9 Å². The molecule has 0 spiro atoms. The van der Waals surface area contributed by atoms with Gasteiger partial charge in [0.25, 0.3) is 5.69 Å². The van der Waals surface area contributed by atoms with Gasteiger partial charge in [0.05, 0.1) is 11.0 Å². The Morgan fingerprint density at radius 3 is 2.59 bits per heavy atom. The minimum Gasteiger partial charge on any atom is -0.396 e. The smallest absolute Gasteiger partial charge is 0.272 e. The van der Waals surface area contributed by atoms with Crippen LogP contribution in [0.2, 0.25) is 0 Å². The highest BCUT2D eigenvalue weighted by molar-refractivity contribution is 5.45. The van der Waals surface area contributed by atoms with Crippen LogP contribution in [0.15, 0.2) is 18.2 Å². The number of aliphatic hydroxyl groups excluding tert-OH is 3. The summed E-state index contributed by atoms with van der Waals surface area (Å²) in [7, 11) is 0. The topological polar surface area (TPSA) is 104 Å². The molecule has 1 aromatic rings. The molecule has 0 fully saturated rings. The maximum Gasteiger partial charge on any atom is 0.272 e. The van der Waals surface area contributed by atoms with Crippen molar-refractivity contribution in [2.24, 2.45) is 0 Å². The molecule has 0 saturated carbocycles. The monoisotopic (exact) mass is 241 g/mol. The van der Waals surface area contributed by atoms with Crippen molar-refractivity contribution in [1.29, 1.82) is 0 Å². The Hall–Kier alpha value is -1.50. The summed E-state index contributed by atoms with van der Waals surface area (Å²) in [6, 6.07) is 4.31. The molecule has 0 saturated heterocycles. The molecule has 0 aromatic heterocycles. The van der Waals surface area contributed by atoms with Gasteiger partial charge in [-0.2, -0.15) is 0 Å². The summed E-state index contributed by atoms with van der Waals surface area (Å²) in [5.41, 5.74) is 0.528. The molecule has 0 aliphatic carbocycles. The van der Waals surface area contributed by atoms with E-state index >= 15 is 0 Å². The summed E-state index contributed by atoms with van der Waals surface area (Å²) < 4.78 is 0. The molecule has 3 N–H and O–H groups in total. The molecule has 2 atom stereocenters. The molecule has 0 bridgehead atoms. The van der Waals surface area contributed by atoms with Crippen molar-refractivity contribution < 1.29 is 20.2 Å². The van der Waals surface area contributed by atoms with Crippen molar-refractivity contribution in [3.8, 4) is 0 Å². The Labute approximate surface area is 98.3 Å². The number of nitrogens with zero attached hydrogens (tertiary/aromatic N) is 1. The summed E-state index contributed by atoms with van der Waals surface area (Å²) in [6.45, 7) is 1.26. The van der Waals surface area contributed by atoms with E-state index in [1.807, 2.05) is 0 Å². The molecular formula is C11H15NO5. The summed E-state index contributed by atoms with van der Waals surface area (Å²) >= 11 is 0. The molecule has 6 nitrogen and oxygen atoms in total. The van der Waals surface area contributed by atoms with Crippen LogP contribution in [0, 0.1) is 17.0 Å². The Kier molecular flexibility index (Phi) is 4.56. The number of nitro benzene ring substituents is 1. The second-order valence-electron chi connectivity index (χ2n) is 3.77. The lowest BCUT2D eigenvalue weighted by molar-refractivity contribution is -0.385. The molecule has 0 amide bonds. The number of rotatable bonds is 5. The molecule has 17 heavy (non-hydrogen) atoms. The Balaban J connectivity index is 3.06. The minimum atomic E-state index is -1.23. The summed E-state index contributed by atoms with van der Waals surface area (Å²) in [5, 5.41) is 38.7. The zero-order chi connectivity index (χ0) is 13.0. The zero-order valence-electron chi connectivity index (χ0n) is 9.41. The summed E-state index contributed by atoms with van der Waals surface area (Å²) in [5.74, 6) is 0. The third-order valence-electron chi connectivity index (χ3n) is 2.65. The first-order chi connectivity index (χ1) is 7.99. The van der Waals surface area contributed by atoms with Gasteiger partial charge in [0, 0.05) is 18.2 Å². The van der Waals surface area contributed by atoms with Crippen molar-refractivity contribution in [2.45, 2.75) is 25.6 Å². The molecule has 0 heterocycles. The van der Waals surface area contributed by atoms with Crippen LogP contribution in [-0.2, 0) is 0 Å². The van der Waals surface area contributed by atoms with Crippen molar-refractivity contribution >= 4 is 5.69 Å². The highest BCUT2D eigenvalue weighted by Gasteiger charge is 2.23. The molecule has 1 rings (SSSR count). The van der Waals surface area contributed by atoms with E-state index in [0.717, 1.165) is 0 Å². The SMILES string of the molecule is Cc1c(C(O)C(O)CCO)cccc1[N+](=O)[O-]. The highest BCUT2D eigenvalue weighted by atomic mass is 16.6. The quantitative estimate of drug-likeness (QED) is 0.519. The van der Waals surface area contributed by atoms with Crippen LogP contribution >= 0.6 is 0 Å². The van der Waals surface area contributed by atoms with Crippen molar-refractivity contribution in [2.75, 3.05) is 6.61 Å². The largest absolute Gasteiger partial charge is 0.396 e. The summed E-state index contributed by atoms with van der Waals surface area (Å²) in [6.07, 6.45) is -2.36. The van der Waals surface area contributed by atoms with E-state index in [1.165, 1.54) is 25.1 Å². The molecule has 1 aromatic carbocycles. The van der Waals surface area contributed by atoms with E-state index in [0.29, 0.717) is 11.1 Å². The molecule has 0 radical (unpaired) electrons. The maximum atomic E-state index is 10.7. The van der Waals surface area contributed by atoms with Gasteiger partial charge in [0.1, 0.15) is 6.10 Å². The fraction of sp³-hybridized carbons (Fsp3) is 0.455. The predicted molar refractivity (Wildman–Crippen MR) is 60.5 cm³/mol. The molecule has 0 aliphatic heterocycles. The fourth-order valence-electron chi connectivity index (χ4n) is 1.66. The maximum absolute atomic E-state index is 10.7. The standard InChI is InChI=1S/C11H15NO5/c1-7-8(11(15)10(14)5-6-13)3-2-4-9(7)12(16)17/h2-4,10-11,13-15H,5-6H2,1H3. The van der Waals surface area contributed by atoms with E-state index in [-0.39, 0.29) is 18.7 Å². The first-order valence-corrected chi connectivity index (χ1v) is 5.20. The van der Waals surface area contributed by atoms with Gasteiger partial charge in [-0.15, -0.1) is 0 Å². The van der Waals surface area contributed by atoms with Gasteiger partial charge in [-0.1, -0.05) is 12.1 Å². The minimum absolute atomic E-state index is 0.0172. The van der Waals surface area contributed by atoms with E-state index < -0.39 is 17.1 Å². The summed E-state index contributed by atoms with van der Waals surface area (Å²) in [4.78, 5) is 10.2. The lowest BCUT2D eigenvalue weighted by Crippen LogP contribution is -2.20. The van der Waals surface area contributed by atoms with E-state index in [9.17, 15) is 20.3 Å². The number of hydrogen-bond donors (Lipinski definition) is 3. The lowest BCUT2D eigenvalue weighted by Gasteiger charge is -2.18. The van der Waals surface area contributed by atoms with Gasteiger partial charge in [0.15, 0.2) is 0 Å². The molecule has 0 aliphatic rings. The highest BCUT2D eigenvalue weighted by Crippen LogP contribution is 2.28. The van der Waals surface area contributed by atoms with Crippen LogP contribution in [0.1, 0.15) is 23.7 Å². The molecule has 6 heteroatoms. The van der Waals surface area contributed by atoms with Gasteiger partial charge < -0.3 is 15.3 Å². The van der Waals surface area contributed by atoms with Crippen molar-refractivity contribution in [1.82, 2.24) is 0 Å². The average Bonchev–Trinajstić information content (AvgIpc) is 2.28. The number of hydrogen-bond acceptors (Lipinski definition) is 5. The van der Waals surface area contributed by atoms with Gasteiger partial charge in [-0.25, -0.2) is 0 Å². The van der Waals surface area contributed by atoms with E-state index in [2.05, 4.69) is 0 Å². The lowest BCUT2D eigenvalue weighted by atomic mass is 9.97. The van der Waals surface area contributed by atoms with E-state index in [4.69, 9.17) is 5.11 Å². The van der Waals surface area contributed by atoms with Crippen LogP contribution < -0.4 is 0 Å². The van der Waals surface area contributed by atoms with Crippen molar-refractivity contribution in [3.05, 3.63) is 39.4 Å². The van der Waals surface area contributed by atoms with Gasteiger partial charge in [0.2, 0.25) is 0 Å². The number of nitro groups is 1. The van der Waals surface area contributed by atoms with Crippen LogP contribution in [0.4, 0.5) is 5.69 Å². The van der Waals surface area contributed by atoms with E-state index in [1.54, 1.807) is 0 Å². The first-order valence-electron chi connectivity index (χ1n) is 5.20. The third kappa shape index (κ3) is 3.00. The van der Waals surface area contributed by atoms with Crippen LogP contribution in [-0.4, -0.2) is 33.0 Å². The van der Waals surface area contributed by atoms with Crippen LogP contribution in [0.25, 0.3) is 0 Å². The Morgan fingerprint density at radius 1 is 1.41 bits per heavy atom. The molecule has 2 unspecified atom stereocenters. The molecular weight excluding hydrogens is 226 g/mol. The Bertz CT molecular complexity index is 407. The van der Waals surface area contributed by atoms with Gasteiger partial charge >= 0.3 is 0 Å². The third-order valence-corrected chi connectivity index (χ3v) is 2.65. The van der Waals surface area contributed by atoms with Crippen molar-refractivity contribution in [3.63, 3.8) is 0 Å². The Morgan fingerprint density at radius 2 is 2.06 bits per heavy atom. The average molecular weight is 241 g/mol. The van der Waals surface area contributed by atoms with Crippen LogP contribution in [0.5, 0.6) is 0 Å². The zero-order valence-corrected chi connectivity index (χ0v) is 9.41. The molecule has 94 valence electrons. The predicted octanol–water partition coefficient (Wildman–Crippen LogP) is 0.680. The second kappa shape index (κ2) is 5.72. The first kappa shape index (κ1) is 13.6. The fourth-order valence-corrected chi connectivity index (χ4v) is 1.66. The number of benzene rings is 1. The van der Waals surface area contributed by atoms with Gasteiger partial charge in [-0.3, -0.25) is 10.1 Å². The van der Waals surface area contributed by atoms with Crippen LogP contribution in [0.3, 0.4) is 0 Å². The second-order valence-corrected chi connectivity index (χ2v) is 3.77. The normalized spacial score (nSPS) is 14.4. The number of aliphatic hydroxyl groups is 3.